The second kappa shape index (κ2) is 13.6. The van der Waals surface area contributed by atoms with Gasteiger partial charge in [-0.3, -0.25) is 9.59 Å². The van der Waals surface area contributed by atoms with Gasteiger partial charge in [0.05, 0.1) is 42.2 Å². The van der Waals surface area contributed by atoms with E-state index in [4.69, 9.17) is 44.3 Å². The molecule has 1 heterocycles. The van der Waals surface area contributed by atoms with Crippen molar-refractivity contribution in [3.05, 3.63) is 62.9 Å². The average molecular weight is 585 g/mol. The smallest absolute Gasteiger partial charge is 0.244 e. The molecule has 3 aromatic rings. The van der Waals surface area contributed by atoms with Crippen molar-refractivity contribution < 1.29 is 19.1 Å². The number of carbonyl (C=O) groups excluding carboxylic acids is 2. The number of nitrogens with one attached hydrogen (secondary N) is 2. The van der Waals surface area contributed by atoms with Gasteiger partial charge in [-0.15, -0.1) is 10.2 Å². The Morgan fingerprint density at radius 2 is 1.76 bits per heavy atom. The van der Waals surface area contributed by atoms with Crippen molar-refractivity contribution in [2.24, 2.45) is 0 Å². The molecule has 0 aliphatic carbocycles. The Kier molecular flexibility index (Phi) is 10.5. The molecule has 9 nitrogen and oxygen atoms in total. The molecule has 1 aromatic heterocycles. The average Bonchev–Trinajstić information content (AvgIpc) is 3.28. The van der Waals surface area contributed by atoms with Crippen LogP contribution in [0.4, 0.5) is 5.69 Å². The number of hydrogen-bond donors (Lipinski definition) is 2. The van der Waals surface area contributed by atoms with Crippen LogP contribution in [-0.2, 0) is 22.7 Å². The first kappa shape index (κ1) is 28.6. The summed E-state index contributed by atoms with van der Waals surface area (Å²) in [6.07, 6.45) is 3.09. The molecular weight excluding hydrogens is 561 g/mol. The fourth-order valence-corrected chi connectivity index (χ4v) is 4.93. The van der Waals surface area contributed by atoms with Crippen molar-refractivity contribution in [2.45, 2.75) is 25.2 Å². The van der Waals surface area contributed by atoms with Gasteiger partial charge in [-0.1, -0.05) is 52.6 Å². The van der Waals surface area contributed by atoms with E-state index in [1.54, 1.807) is 32.4 Å². The number of halogens is 3. The normalized spacial score (nSPS) is 11.0. The summed E-state index contributed by atoms with van der Waals surface area (Å²) >= 11 is 19.4. The SMILES string of the molecule is CCn1c(CNC(=O)/C=C/c2ccc(OC)c(OC)c2)nnc1SCC(=O)Nc1c(Cl)cc(Cl)cc1Cl. The third-order valence-corrected chi connectivity index (χ3v) is 6.75. The number of carbonyl (C=O) groups is 2. The molecule has 0 atom stereocenters. The number of amides is 2. The van der Waals surface area contributed by atoms with Gasteiger partial charge in [0.25, 0.3) is 0 Å². The highest BCUT2D eigenvalue weighted by Gasteiger charge is 2.16. The third-order valence-electron chi connectivity index (χ3n) is 4.97. The van der Waals surface area contributed by atoms with Crippen molar-refractivity contribution in [2.75, 3.05) is 25.3 Å². The molecule has 0 aliphatic heterocycles. The van der Waals surface area contributed by atoms with Crippen LogP contribution in [-0.4, -0.2) is 46.6 Å². The minimum absolute atomic E-state index is 0.0494. The van der Waals surface area contributed by atoms with E-state index in [-0.39, 0.29) is 34.2 Å². The van der Waals surface area contributed by atoms with Crippen molar-refractivity contribution >= 4 is 70.1 Å². The molecule has 2 amide bonds. The van der Waals surface area contributed by atoms with Gasteiger partial charge in [0.2, 0.25) is 11.8 Å². The molecule has 0 bridgehead atoms. The monoisotopic (exact) mass is 583 g/mol. The van der Waals surface area contributed by atoms with E-state index in [1.165, 1.54) is 30.0 Å². The molecular formula is C24H24Cl3N5O4S. The van der Waals surface area contributed by atoms with Crippen LogP contribution in [0.5, 0.6) is 11.5 Å². The van der Waals surface area contributed by atoms with E-state index < -0.39 is 0 Å². The summed E-state index contributed by atoms with van der Waals surface area (Å²) in [6.45, 7) is 2.64. The third kappa shape index (κ3) is 7.78. The van der Waals surface area contributed by atoms with Crippen LogP contribution in [0.15, 0.2) is 41.6 Å². The quantitative estimate of drug-likeness (QED) is 0.232. The highest BCUT2D eigenvalue weighted by atomic mass is 35.5. The summed E-state index contributed by atoms with van der Waals surface area (Å²) in [4.78, 5) is 24.8. The van der Waals surface area contributed by atoms with Gasteiger partial charge in [-0.05, 0) is 42.8 Å². The van der Waals surface area contributed by atoms with Crippen LogP contribution in [0, 0.1) is 0 Å². The molecule has 37 heavy (non-hydrogen) atoms. The van der Waals surface area contributed by atoms with E-state index in [0.29, 0.717) is 39.7 Å². The maximum absolute atomic E-state index is 12.4. The lowest BCUT2D eigenvalue weighted by Crippen LogP contribution is -2.22. The van der Waals surface area contributed by atoms with Gasteiger partial charge in [0.1, 0.15) is 0 Å². The van der Waals surface area contributed by atoms with Gasteiger partial charge in [0.15, 0.2) is 22.5 Å². The van der Waals surface area contributed by atoms with E-state index in [9.17, 15) is 9.59 Å². The second-order valence-corrected chi connectivity index (χ2v) is 9.58. The number of nitrogens with zero attached hydrogens (tertiary/aromatic N) is 3. The van der Waals surface area contributed by atoms with Crippen LogP contribution in [0.2, 0.25) is 15.1 Å². The number of methoxy groups -OCH3 is 2. The first-order chi connectivity index (χ1) is 17.7. The van der Waals surface area contributed by atoms with Crippen LogP contribution < -0.4 is 20.1 Å². The van der Waals surface area contributed by atoms with Gasteiger partial charge in [0, 0.05) is 17.6 Å². The van der Waals surface area contributed by atoms with Crippen LogP contribution >= 0.6 is 46.6 Å². The van der Waals surface area contributed by atoms with Gasteiger partial charge in [-0.25, -0.2) is 0 Å². The largest absolute Gasteiger partial charge is 0.493 e. The number of ether oxygens (including phenoxy) is 2. The molecule has 13 heteroatoms. The van der Waals surface area contributed by atoms with Crippen molar-refractivity contribution in [3.8, 4) is 11.5 Å². The van der Waals surface area contributed by atoms with E-state index in [1.807, 2.05) is 17.6 Å². The maximum Gasteiger partial charge on any atom is 0.244 e. The number of aromatic nitrogens is 3. The fourth-order valence-electron chi connectivity index (χ4n) is 3.19. The van der Waals surface area contributed by atoms with Crippen LogP contribution in [0.1, 0.15) is 18.3 Å². The molecule has 0 spiro atoms. The summed E-state index contributed by atoms with van der Waals surface area (Å²) in [5.41, 5.74) is 1.07. The lowest BCUT2D eigenvalue weighted by molar-refractivity contribution is -0.116. The Morgan fingerprint density at radius 3 is 2.41 bits per heavy atom. The molecule has 0 unspecified atom stereocenters. The molecule has 0 radical (unpaired) electrons. The van der Waals surface area contributed by atoms with Crippen molar-refractivity contribution in [3.63, 3.8) is 0 Å². The van der Waals surface area contributed by atoms with Crippen molar-refractivity contribution in [1.82, 2.24) is 20.1 Å². The zero-order valence-corrected chi connectivity index (χ0v) is 23.3. The molecule has 196 valence electrons. The topological polar surface area (TPSA) is 107 Å². The van der Waals surface area contributed by atoms with E-state index in [2.05, 4.69) is 20.8 Å². The molecule has 2 N–H and O–H groups in total. The Balaban J connectivity index is 1.56. The first-order valence-corrected chi connectivity index (χ1v) is 13.0. The Labute approximate surface area is 233 Å². The molecule has 0 saturated heterocycles. The summed E-state index contributed by atoms with van der Waals surface area (Å²) in [6, 6.07) is 8.33. The Bertz CT molecular complexity index is 1290. The van der Waals surface area contributed by atoms with E-state index >= 15 is 0 Å². The molecule has 3 rings (SSSR count). The number of anilines is 1. The lowest BCUT2D eigenvalue weighted by atomic mass is 10.2. The van der Waals surface area contributed by atoms with E-state index in [0.717, 1.165) is 5.56 Å². The summed E-state index contributed by atoms with van der Waals surface area (Å²) in [5.74, 6) is 1.16. The van der Waals surface area contributed by atoms with Crippen LogP contribution in [0.25, 0.3) is 6.08 Å². The fraction of sp³-hybridized carbons (Fsp3) is 0.250. The first-order valence-electron chi connectivity index (χ1n) is 10.9. The zero-order valence-electron chi connectivity index (χ0n) is 20.2. The molecule has 0 aliphatic rings. The molecule has 0 saturated carbocycles. The Hall–Kier alpha value is -2.92. The predicted molar refractivity (Wildman–Crippen MR) is 147 cm³/mol. The van der Waals surface area contributed by atoms with Gasteiger partial charge < -0.3 is 24.7 Å². The van der Waals surface area contributed by atoms with Crippen LogP contribution in [0.3, 0.4) is 0 Å². The van der Waals surface area contributed by atoms with Gasteiger partial charge in [-0.2, -0.15) is 0 Å². The highest BCUT2D eigenvalue weighted by Crippen LogP contribution is 2.34. The second-order valence-electron chi connectivity index (χ2n) is 7.39. The zero-order chi connectivity index (χ0) is 26.9. The number of rotatable bonds is 11. The predicted octanol–water partition coefficient (Wildman–Crippen LogP) is 5.34. The van der Waals surface area contributed by atoms with Crippen molar-refractivity contribution in [1.29, 1.82) is 0 Å². The Morgan fingerprint density at radius 1 is 1.05 bits per heavy atom. The van der Waals surface area contributed by atoms with Gasteiger partial charge >= 0.3 is 0 Å². The lowest BCUT2D eigenvalue weighted by Gasteiger charge is -2.10. The summed E-state index contributed by atoms with van der Waals surface area (Å²) in [7, 11) is 3.10. The summed E-state index contributed by atoms with van der Waals surface area (Å²) < 4.78 is 12.3. The number of thioether (sulfide) groups is 1. The minimum Gasteiger partial charge on any atom is -0.493 e. The number of benzene rings is 2. The maximum atomic E-state index is 12.4. The highest BCUT2D eigenvalue weighted by molar-refractivity contribution is 7.99. The molecule has 2 aromatic carbocycles. The summed E-state index contributed by atoms with van der Waals surface area (Å²) in [5, 5.41) is 15.2. The minimum atomic E-state index is -0.322. The number of hydrogen-bond acceptors (Lipinski definition) is 7. The molecule has 0 fully saturated rings. The standard InChI is InChI=1S/C24H24Cl3N5O4S/c1-4-32-20(12-28-21(33)8-6-14-5-7-18(35-2)19(9-14)36-3)30-31-24(32)37-13-22(34)29-23-16(26)10-15(25)11-17(23)27/h5-11H,4,12-13H2,1-3H3,(H,28,33)(H,29,34)/b8-6+.